The molecule has 1 aromatic carbocycles. The molecule has 4 rings (SSSR count). The van der Waals surface area contributed by atoms with Crippen molar-refractivity contribution in [3.05, 3.63) is 74.6 Å². The highest BCUT2D eigenvalue weighted by Crippen LogP contribution is 2.34. The van der Waals surface area contributed by atoms with Crippen molar-refractivity contribution in [3.63, 3.8) is 0 Å². The minimum absolute atomic E-state index is 0.0389. The fraction of sp³-hybridized carbons (Fsp3) is 0.391. The monoisotopic (exact) mass is 421 g/mol. The second-order valence-electron chi connectivity index (χ2n) is 7.81. The molecule has 1 aliphatic rings. The van der Waals surface area contributed by atoms with Gasteiger partial charge in [-0.25, -0.2) is 9.78 Å². The van der Waals surface area contributed by atoms with Crippen molar-refractivity contribution < 1.29 is 4.79 Å². The van der Waals surface area contributed by atoms with E-state index in [0.29, 0.717) is 17.8 Å². The summed E-state index contributed by atoms with van der Waals surface area (Å²) in [5, 5.41) is 3.24. The Morgan fingerprint density at radius 2 is 1.94 bits per heavy atom. The van der Waals surface area contributed by atoms with Gasteiger partial charge in [-0.05, 0) is 37.6 Å². The summed E-state index contributed by atoms with van der Waals surface area (Å²) in [4.78, 5) is 46.3. The second-order valence-corrected chi connectivity index (χ2v) is 7.81. The zero-order valence-electron chi connectivity index (χ0n) is 17.8. The lowest BCUT2D eigenvalue weighted by Crippen LogP contribution is -2.38. The number of fused-ring (bicyclic) bond motifs is 1. The van der Waals surface area contributed by atoms with Gasteiger partial charge in [0.2, 0.25) is 0 Å². The number of nitrogens with one attached hydrogen (secondary N) is 2. The number of likely N-dealkylation sites (N-methyl/N-ethyl adjacent to an activating group) is 1. The third-order valence-corrected chi connectivity index (χ3v) is 5.85. The Bertz CT molecular complexity index is 1190. The Morgan fingerprint density at radius 3 is 2.58 bits per heavy atom. The van der Waals surface area contributed by atoms with Crippen LogP contribution in [0.15, 0.2) is 52.2 Å². The molecule has 0 spiro atoms. The molecule has 1 atom stereocenters. The molecule has 1 saturated carbocycles. The molecule has 3 aromatic rings. The number of H-pyrrole nitrogens is 1. The lowest BCUT2D eigenvalue weighted by Gasteiger charge is -2.30. The number of rotatable bonds is 8. The van der Waals surface area contributed by atoms with Crippen LogP contribution in [0.3, 0.4) is 0 Å². The number of hydrogen-bond donors (Lipinski definition) is 2. The van der Waals surface area contributed by atoms with Crippen LogP contribution < -0.4 is 16.6 Å². The van der Waals surface area contributed by atoms with Crippen LogP contribution in [-0.2, 0) is 0 Å². The number of amides is 1. The molecule has 2 N–H and O–H groups in total. The van der Waals surface area contributed by atoms with E-state index in [1.54, 1.807) is 0 Å². The van der Waals surface area contributed by atoms with Crippen LogP contribution in [0.5, 0.6) is 0 Å². The van der Waals surface area contributed by atoms with E-state index in [0.717, 1.165) is 31.5 Å². The van der Waals surface area contributed by atoms with Gasteiger partial charge in [-0.3, -0.25) is 24.0 Å². The average Bonchev–Trinajstić information content (AvgIpc) is 3.62. The van der Waals surface area contributed by atoms with Crippen molar-refractivity contribution in [2.75, 3.05) is 19.6 Å². The smallest absolute Gasteiger partial charge is 0.330 e. The fourth-order valence-electron chi connectivity index (χ4n) is 4.02. The van der Waals surface area contributed by atoms with Gasteiger partial charge in [-0.1, -0.05) is 44.2 Å². The van der Waals surface area contributed by atoms with E-state index in [1.165, 1.54) is 16.8 Å². The Labute approximate surface area is 179 Å². The molecule has 8 heteroatoms. The summed E-state index contributed by atoms with van der Waals surface area (Å²) in [6.45, 7) is 6.34. The van der Waals surface area contributed by atoms with Gasteiger partial charge in [-0.2, -0.15) is 0 Å². The van der Waals surface area contributed by atoms with Gasteiger partial charge in [-0.15, -0.1) is 0 Å². The molecule has 0 aliphatic heterocycles. The third-order valence-electron chi connectivity index (χ3n) is 5.85. The van der Waals surface area contributed by atoms with E-state index in [9.17, 15) is 14.4 Å². The molecule has 31 heavy (non-hydrogen) atoms. The van der Waals surface area contributed by atoms with Crippen LogP contribution in [0.2, 0.25) is 0 Å². The zero-order chi connectivity index (χ0) is 22.0. The molecule has 0 bridgehead atoms. The Kier molecular flexibility index (Phi) is 5.99. The average molecular weight is 422 g/mol. The van der Waals surface area contributed by atoms with Gasteiger partial charge < -0.3 is 5.32 Å². The highest BCUT2D eigenvalue weighted by atomic mass is 16.2. The molecule has 1 amide bonds. The maximum absolute atomic E-state index is 12.9. The normalized spacial score (nSPS) is 14.7. The predicted octanol–water partition coefficient (Wildman–Crippen LogP) is 2.23. The molecule has 8 nitrogen and oxygen atoms in total. The Morgan fingerprint density at radius 1 is 1.23 bits per heavy atom. The van der Waals surface area contributed by atoms with Gasteiger partial charge in [0.15, 0.2) is 0 Å². The van der Waals surface area contributed by atoms with E-state index in [4.69, 9.17) is 0 Å². The van der Waals surface area contributed by atoms with Crippen LogP contribution in [0.4, 0.5) is 0 Å². The number of hydrogen-bond acceptors (Lipinski definition) is 5. The number of pyridine rings is 1. The quantitative estimate of drug-likeness (QED) is 0.581. The number of carbonyl (C=O) groups is 1. The molecule has 1 aliphatic carbocycles. The highest BCUT2D eigenvalue weighted by molar-refractivity contribution is 5.96. The van der Waals surface area contributed by atoms with Crippen LogP contribution in [0, 0.1) is 0 Å². The Balaban J connectivity index is 1.59. The lowest BCUT2D eigenvalue weighted by molar-refractivity contribution is 0.0934. The molecular formula is C23H27N5O3. The van der Waals surface area contributed by atoms with Crippen molar-refractivity contribution >= 4 is 16.9 Å². The summed E-state index contributed by atoms with van der Waals surface area (Å²) in [6.07, 6.45) is 3.21. The van der Waals surface area contributed by atoms with Crippen LogP contribution >= 0.6 is 0 Å². The van der Waals surface area contributed by atoms with Gasteiger partial charge in [0, 0.05) is 18.8 Å². The molecule has 2 aromatic heterocycles. The van der Waals surface area contributed by atoms with E-state index >= 15 is 0 Å². The molecule has 0 radical (unpaired) electrons. The van der Waals surface area contributed by atoms with Crippen LogP contribution in [0.1, 0.15) is 54.7 Å². The van der Waals surface area contributed by atoms with E-state index in [2.05, 4.69) is 46.2 Å². The fourth-order valence-corrected chi connectivity index (χ4v) is 4.02. The summed E-state index contributed by atoms with van der Waals surface area (Å²) < 4.78 is 1.52. The first-order valence-corrected chi connectivity index (χ1v) is 10.7. The highest BCUT2D eigenvalue weighted by Gasteiger charge is 2.28. The van der Waals surface area contributed by atoms with Gasteiger partial charge in [0.25, 0.3) is 11.5 Å². The van der Waals surface area contributed by atoms with Crippen LogP contribution in [0.25, 0.3) is 11.0 Å². The van der Waals surface area contributed by atoms with Gasteiger partial charge in [0.1, 0.15) is 5.65 Å². The predicted molar refractivity (Wildman–Crippen MR) is 119 cm³/mol. The minimum atomic E-state index is -0.524. The van der Waals surface area contributed by atoms with Crippen LogP contribution in [-0.4, -0.2) is 45.0 Å². The summed E-state index contributed by atoms with van der Waals surface area (Å²) in [6, 6.07) is 11.7. The molecule has 2 heterocycles. The van der Waals surface area contributed by atoms with Crippen molar-refractivity contribution in [3.8, 4) is 0 Å². The first-order valence-electron chi connectivity index (χ1n) is 10.7. The molecular weight excluding hydrogens is 394 g/mol. The first-order chi connectivity index (χ1) is 15.0. The number of benzene rings is 1. The van der Waals surface area contributed by atoms with Crippen molar-refractivity contribution in [2.24, 2.45) is 0 Å². The maximum atomic E-state index is 12.9. The van der Waals surface area contributed by atoms with Crippen molar-refractivity contribution in [2.45, 2.75) is 38.8 Å². The molecule has 1 fully saturated rings. The van der Waals surface area contributed by atoms with Gasteiger partial charge in [0.05, 0.1) is 17.0 Å². The molecule has 0 saturated heterocycles. The standard InChI is InChI=1S/C23H27N5O3/c1-3-27(4-2)19(15-8-6-5-7-9-15)14-25-21(29)16-12-18-20(24-13-16)28(17-10-11-17)23(31)26-22(18)30/h5-9,12-13,17,19H,3-4,10-11,14H2,1-2H3,(H,25,29)(H,26,30,31). The van der Waals surface area contributed by atoms with E-state index in [-0.39, 0.29) is 23.4 Å². The van der Waals surface area contributed by atoms with Crippen molar-refractivity contribution in [1.82, 2.24) is 24.8 Å². The summed E-state index contributed by atoms with van der Waals surface area (Å²) in [5.41, 5.74) is 0.787. The summed E-state index contributed by atoms with van der Waals surface area (Å²) >= 11 is 0. The van der Waals surface area contributed by atoms with Gasteiger partial charge >= 0.3 is 5.69 Å². The van der Waals surface area contributed by atoms with E-state index < -0.39 is 11.2 Å². The summed E-state index contributed by atoms with van der Waals surface area (Å²) in [5.74, 6) is -0.300. The molecule has 1 unspecified atom stereocenters. The van der Waals surface area contributed by atoms with Crippen molar-refractivity contribution in [1.29, 1.82) is 0 Å². The second kappa shape index (κ2) is 8.85. The van der Waals surface area contributed by atoms with E-state index in [1.807, 2.05) is 18.2 Å². The minimum Gasteiger partial charge on any atom is -0.350 e. The SMILES string of the molecule is CCN(CC)C(CNC(=O)c1cnc2c(c1)c(=O)[nH]c(=O)n2C1CC1)c1ccccc1. The Hall–Kier alpha value is -3.26. The lowest BCUT2D eigenvalue weighted by atomic mass is 10.0. The summed E-state index contributed by atoms with van der Waals surface area (Å²) in [7, 11) is 0. The third kappa shape index (κ3) is 4.29. The zero-order valence-corrected chi connectivity index (χ0v) is 17.8. The number of aromatic amines is 1. The first kappa shape index (κ1) is 21.0. The topological polar surface area (TPSA) is 100 Å². The number of carbonyl (C=O) groups excluding carboxylic acids is 1. The largest absolute Gasteiger partial charge is 0.350 e. The number of aromatic nitrogens is 3. The maximum Gasteiger partial charge on any atom is 0.330 e. The number of nitrogens with zero attached hydrogens (tertiary/aromatic N) is 3. The molecule has 162 valence electrons.